The molecule has 1 aliphatic rings. The minimum atomic E-state index is -0.218. The number of hydrogen-bond donors (Lipinski definition) is 2. The summed E-state index contributed by atoms with van der Waals surface area (Å²) in [6, 6.07) is 8.14. The summed E-state index contributed by atoms with van der Waals surface area (Å²) < 4.78 is 0. The predicted molar refractivity (Wildman–Crippen MR) is 94.9 cm³/mol. The van der Waals surface area contributed by atoms with Crippen molar-refractivity contribution in [2.45, 2.75) is 19.4 Å². The Morgan fingerprint density at radius 3 is 2.83 bits per heavy atom. The largest absolute Gasteiger partial charge is 0.370 e. The second-order valence-corrected chi connectivity index (χ2v) is 6.33. The number of carbonyl (C=O) groups is 1. The molecular formula is C17H20ClN5O. The molecule has 1 fully saturated rings. The Balaban J connectivity index is 1.72. The number of halogens is 1. The number of nitrogens with two attached hydrogens (primary N) is 1. The van der Waals surface area contributed by atoms with E-state index >= 15 is 0 Å². The Bertz CT molecular complexity index is 706. The van der Waals surface area contributed by atoms with Crippen molar-refractivity contribution in [3.63, 3.8) is 0 Å². The highest BCUT2D eigenvalue weighted by molar-refractivity contribution is 6.30. The van der Waals surface area contributed by atoms with Crippen LogP contribution in [0, 0.1) is 5.92 Å². The first-order valence-corrected chi connectivity index (χ1v) is 8.35. The molecular weight excluding hydrogens is 326 g/mol. The van der Waals surface area contributed by atoms with E-state index in [0.29, 0.717) is 24.1 Å². The van der Waals surface area contributed by atoms with Crippen molar-refractivity contribution in [2.75, 3.05) is 23.3 Å². The molecule has 0 bridgehead atoms. The molecule has 1 aromatic heterocycles. The highest BCUT2D eigenvalue weighted by Gasteiger charge is 2.25. The number of carbonyl (C=O) groups excluding carboxylic acids is 1. The first-order chi connectivity index (χ1) is 11.6. The van der Waals surface area contributed by atoms with Gasteiger partial charge in [-0.3, -0.25) is 4.79 Å². The third-order valence-corrected chi connectivity index (χ3v) is 4.41. The number of benzene rings is 1. The maximum absolute atomic E-state index is 11.5. The van der Waals surface area contributed by atoms with E-state index in [1.807, 2.05) is 12.1 Å². The van der Waals surface area contributed by atoms with E-state index in [1.54, 1.807) is 12.4 Å². The van der Waals surface area contributed by atoms with E-state index in [1.165, 1.54) is 0 Å². The lowest BCUT2D eigenvalue weighted by Gasteiger charge is -2.34. The number of anilines is 2. The zero-order chi connectivity index (χ0) is 16.9. The third kappa shape index (κ3) is 3.94. The number of rotatable bonds is 5. The molecule has 1 saturated heterocycles. The van der Waals surface area contributed by atoms with Crippen LogP contribution in [0.3, 0.4) is 0 Å². The molecule has 7 heteroatoms. The number of para-hydroxylation sites is 1. The van der Waals surface area contributed by atoms with Crippen LogP contribution in [-0.4, -0.2) is 29.0 Å². The molecule has 2 aromatic rings. The number of piperidine rings is 1. The maximum atomic E-state index is 11.5. The first kappa shape index (κ1) is 16.5. The fraction of sp³-hybridized carbons (Fsp3) is 0.353. The normalized spacial score (nSPS) is 17.5. The fourth-order valence-corrected chi connectivity index (χ4v) is 3.07. The van der Waals surface area contributed by atoms with Gasteiger partial charge in [-0.05, 0) is 24.5 Å². The SMILES string of the molecule is NC(=O)C1CCCN(c2ccccc2CNc2ncc(Cl)cn2)C1. The smallest absolute Gasteiger partial charge is 0.222 e. The van der Waals surface area contributed by atoms with Gasteiger partial charge in [-0.25, -0.2) is 9.97 Å². The molecule has 2 heterocycles. The van der Waals surface area contributed by atoms with Crippen LogP contribution in [0.4, 0.5) is 11.6 Å². The van der Waals surface area contributed by atoms with Crippen LogP contribution in [0.2, 0.25) is 5.02 Å². The minimum absolute atomic E-state index is 0.0839. The van der Waals surface area contributed by atoms with Gasteiger partial charge in [0.15, 0.2) is 0 Å². The minimum Gasteiger partial charge on any atom is -0.370 e. The predicted octanol–water partition coefficient (Wildman–Crippen LogP) is 2.44. The molecule has 1 aromatic carbocycles. The van der Waals surface area contributed by atoms with Crippen molar-refractivity contribution >= 4 is 29.1 Å². The second kappa shape index (κ2) is 7.49. The Morgan fingerprint density at radius 2 is 2.08 bits per heavy atom. The lowest BCUT2D eigenvalue weighted by atomic mass is 9.96. The van der Waals surface area contributed by atoms with E-state index in [9.17, 15) is 4.79 Å². The number of nitrogens with zero attached hydrogens (tertiary/aromatic N) is 3. The Labute approximate surface area is 146 Å². The van der Waals surface area contributed by atoms with Gasteiger partial charge in [-0.1, -0.05) is 29.8 Å². The lowest BCUT2D eigenvalue weighted by Crippen LogP contribution is -2.41. The van der Waals surface area contributed by atoms with Crippen molar-refractivity contribution in [1.82, 2.24) is 9.97 Å². The maximum Gasteiger partial charge on any atom is 0.222 e. The molecule has 0 saturated carbocycles. The molecule has 1 atom stereocenters. The van der Waals surface area contributed by atoms with Gasteiger partial charge in [0, 0.05) is 25.3 Å². The number of nitrogens with one attached hydrogen (secondary N) is 1. The van der Waals surface area contributed by atoms with Crippen molar-refractivity contribution in [3.8, 4) is 0 Å². The van der Waals surface area contributed by atoms with Crippen LogP contribution in [0.1, 0.15) is 18.4 Å². The highest BCUT2D eigenvalue weighted by atomic mass is 35.5. The van der Waals surface area contributed by atoms with Crippen molar-refractivity contribution in [2.24, 2.45) is 11.7 Å². The van der Waals surface area contributed by atoms with Crippen molar-refractivity contribution in [1.29, 1.82) is 0 Å². The average molecular weight is 346 g/mol. The van der Waals surface area contributed by atoms with Crippen LogP contribution >= 0.6 is 11.6 Å². The number of primary amides is 1. The summed E-state index contributed by atoms with van der Waals surface area (Å²) in [5.41, 5.74) is 7.73. The van der Waals surface area contributed by atoms with Gasteiger partial charge in [0.2, 0.25) is 11.9 Å². The summed E-state index contributed by atoms with van der Waals surface area (Å²) in [7, 11) is 0. The summed E-state index contributed by atoms with van der Waals surface area (Å²) in [4.78, 5) is 22.0. The molecule has 1 amide bonds. The number of aromatic nitrogens is 2. The third-order valence-electron chi connectivity index (χ3n) is 4.21. The van der Waals surface area contributed by atoms with E-state index < -0.39 is 0 Å². The van der Waals surface area contributed by atoms with Gasteiger partial charge in [-0.2, -0.15) is 0 Å². The highest BCUT2D eigenvalue weighted by Crippen LogP contribution is 2.26. The molecule has 3 N–H and O–H groups in total. The summed E-state index contributed by atoms with van der Waals surface area (Å²) in [6.45, 7) is 2.19. The van der Waals surface area contributed by atoms with E-state index in [2.05, 4.69) is 32.3 Å². The zero-order valence-electron chi connectivity index (χ0n) is 13.3. The molecule has 3 rings (SSSR count). The number of hydrogen-bond acceptors (Lipinski definition) is 5. The molecule has 1 aliphatic heterocycles. The van der Waals surface area contributed by atoms with Crippen LogP contribution in [0.15, 0.2) is 36.7 Å². The Morgan fingerprint density at radius 1 is 1.33 bits per heavy atom. The van der Waals surface area contributed by atoms with Gasteiger partial charge >= 0.3 is 0 Å². The summed E-state index contributed by atoms with van der Waals surface area (Å²) in [5, 5.41) is 3.71. The van der Waals surface area contributed by atoms with E-state index in [-0.39, 0.29) is 11.8 Å². The van der Waals surface area contributed by atoms with Crippen LogP contribution in [-0.2, 0) is 11.3 Å². The molecule has 0 spiro atoms. The molecule has 24 heavy (non-hydrogen) atoms. The van der Waals surface area contributed by atoms with Crippen LogP contribution in [0.5, 0.6) is 0 Å². The van der Waals surface area contributed by atoms with Gasteiger partial charge < -0.3 is 16.0 Å². The molecule has 1 unspecified atom stereocenters. The second-order valence-electron chi connectivity index (χ2n) is 5.89. The molecule has 126 valence electrons. The first-order valence-electron chi connectivity index (χ1n) is 7.97. The Hall–Kier alpha value is -2.34. The lowest BCUT2D eigenvalue weighted by molar-refractivity contribution is -0.122. The van der Waals surface area contributed by atoms with Gasteiger partial charge in [-0.15, -0.1) is 0 Å². The number of amides is 1. The average Bonchev–Trinajstić information content (AvgIpc) is 2.61. The Kier molecular flexibility index (Phi) is 5.15. The van der Waals surface area contributed by atoms with Gasteiger partial charge in [0.05, 0.1) is 23.3 Å². The summed E-state index contributed by atoms with van der Waals surface area (Å²) >= 11 is 5.80. The topological polar surface area (TPSA) is 84.1 Å². The fourth-order valence-electron chi connectivity index (χ4n) is 2.97. The zero-order valence-corrected chi connectivity index (χ0v) is 14.0. The van der Waals surface area contributed by atoms with Gasteiger partial charge in [0.25, 0.3) is 0 Å². The van der Waals surface area contributed by atoms with Gasteiger partial charge in [0.1, 0.15) is 0 Å². The summed E-state index contributed by atoms with van der Waals surface area (Å²) in [5.74, 6) is 0.229. The standard InChI is InChI=1S/C17H20ClN5O/c18-14-9-21-17(22-10-14)20-8-12-4-1-2-6-15(12)23-7-3-5-13(11-23)16(19)24/h1-2,4,6,9-10,13H,3,5,7-8,11H2,(H2,19,24)(H,20,21,22). The molecule has 0 radical (unpaired) electrons. The van der Waals surface area contributed by atoms with Crippen molar-refractivity contribution in [3.05, 3.63) is 47.2 Å². The van der Waals surface area contributed by atoms with Crippen LogP contribution < -0.4 is 16.0 Å². The van der Waals surface area contributed by atoms with Crippen molar-refractivity contribution < 1.29 is 4.79 Å². The van der Waals surface area contributed by atoms with E-state index in [0.717, 1.165) is 30.6 Å². The quantitative estimate of drug-likeness (QED) is 0.869. The molecule has 6 nitrogen and oxygen atoms in total. The monoisotopic (exact) mass is 345 g/mol. The molecule has 0 aliphatic carbocycles. The van der Waals surface area contributed by atoms with E-state index in [4.69, 9.17) is 17.3 Å². The summed E-state index contributed by atoms with van der Waals surface area (Å²) in [6.07, 6.45) is 4.95. The van der Waals surface area contributed by atoms with Crippen LogP contribution in [0.25, 0.3) is 0 Å².